The van der Waals surface area contributed by atoms with Gasteiger partial charge in [0.05, 0.1) is 18.9 Å². The van der Waals surface area contributed by atoms with Crippen molar-refractivity contribution in [3.05, 3.63) is 18.2 Å². The van der Waals surface area contributed by atoms with Gasteiger partial charge in [0.15, 0.2) is 0 Å². The van der Waals surface area contributed by atoms with Crippen LogP contribution in [-0.2, 0) is 30.4 Å². The zero-order chi connectivity index (χ0) is 24.3. The van der Waals surface area contributed by atoms with Gasteiger partial charge in [-0.1, -0.05) is 13.8 Å². The molecule has 3 unspecified atom stereocenters. The Bertz CT molecular complexity index is 796. The Labute approximate surface area is 185 Å². The number of hydrogen-bond donors (Lipinski definition) is 7. The summed E-state index contributed by atoms with van der Waals surface area (Å²) in [6.45, 7) is 3.11. The van der Waals surface area contributed by atoms with E-state index in [1.54, 1.807) is 0 Å². The normalized spacial score (nSPS) is 13.6. The number of aliphatic carboxylic acids is 1. The quantitative estimate of drug-likeness (QED) is 0.163. The van der Waals surface area contributed by atoms with Crippen molar-refractivity contribution in [2.75, 3.05) is 6.54 Å². The largest absolute Gasteiger partial charge is 0.480 e. The SMILES string of the molecule is CC(C)CC(NC(=O)CNC(=O)C(CCC(N)=O)NC(=O)C(N)Cc1cnc[nH]1)C(=O)O. The van der Waals surface area contributed by atoms with Gasteiger partial charge >= 0.3 is 5.97 Å². The lowest BCUT2D eigenvalue weighted by Gasteiger charge is -2.21. The van der Waals surface area contributed by atoms with Crippen LogP contribution < -0.4 is 27.4 Å². The Kier molecular flexibility index (Phi) is 10.8. The van der Waals surface area contributed by atoms with E-state index in [9.17, 15) is 29.1 Å². The number of carbonyl (C=O) groups excluding carboxylic acids is 4. The Morgan fingerprint density at radius 3 is 2.34 bits per heavy atom. The van der Waals surface area contributed by atoms with Crippen molar-refractivity contribution in [3.63, 3.8) is 0 Å². The topological polar surface area (TPSA) is 222 Å². The van der Waals surface area contributed by atoms with E-state index >= 15 is 0 Å². The molecule has 3 atom stereocenters. The molecule has 0 aliphatic rings. The van der Waals surface area contributed by atoms with Gasteiger partial charge in [-0.25, -0.2) is 9.78 Å². The van der Waals surface area contributed by atoms with E-state index in [0.717, 1.165) is 0 Å². The number of carboxylic acid groups (broad SMARTS) is 1. The van der Waals surface area contributed by atoms with Gasteiger partial charge in [0, 0.05) is 24.7 Å². The number of nitrogens with two attached hydrogens (primary N) is 2. The van der Waals surface area contributed by atoms with E-state index in [0.29, 0.717) is 5.69 Å². The van der Waals surface area contributed by atoms with Crippen molar-refractivity contribution in [2.24, 2.45) is 17.4 Å². The number of carbonyl (C=O) groups is 5. The molecular weight excluding hydrogens is 422 g/mol. The summed E-state index contributed by atoms with van der Waals surface area (Å²) in [7, 11) is 0. The van der Waals surface area contributed by atoms with Crippen LogP contribution in [0.4, 0.5) is 0 Å². The van der Waals surface area contributed by atoms with Gasteiger partial charge in [-0.15, -0.1) is 0 Å². The van der Waals surface area contributed by atoms with Crippen LogP contribution >= 0.6 is 0 Å². The number of carboxylic acids is 1. The summed E-state index contributed by atoms with van der Waals surface area (Å²) in [6.07, 6.45) is 3.02. The molecule has 13 heteroatoms. The number of nitrogens with zero attached hydrogens (tertiary/aromatic N) is 1. The molecule has 1 aromatic heterocycles. The average molecular weight is 454 g/mol. The van der Waals surface area contributed by atoms with E-state index < -0.39 is 54.3 Å². The van der Waals surface area contributed by atoms with Gasteiger partial charge in [-0.2, -0.15) is 0 Å². The zero-order valence-electron chi connectivity index (χ0n) is 18.1. The molecule has 4 amide bonds. The first-order valence-electron chi connectivity index (χ1n) is 10.1. The monoisotopic (exact) mass is 453 g/mol. The van der Waals surface area contributed by atoms with Gasteiger partial charge in [-0.05, 0) is 18.8 Å². The van der Waals surface area contributed by atoms with Crippen LogP contribution in [0, 0.1) is 5.92 Å². The van der Waals surface area contributed by atoms with Gasteiger partial charge in [-0.3, -0.25) is 19.2 Å². The van der Waals surface area contributed by atoms with E-state index in [-0.39, 0.29) is 31.6 Å². The van der Waals surface area contributed by atoms with Crippen molar-refractivity contribution in [2.45, 2.75) is 57.7 Å². The average Bonchev–Trinajstić information content (AvgIpc) is 3.20. The van der Waals surface area contributed by atoms with Gasteiger partial charge in [0.2, 0.25) is 23.6 Å². The highest BCUT2D eigenvalue weighted by atomic mass is 16.4. The predicted octanol–water partition coefficient (Wildman–Crippen LogP) is -2.24. The maximum atomic E-state index is 12.5. The van der Waals surface area contributed by atoms with Crippen molar-refractivity contribution < 1.29 is 29.1 Å². The highest BCUT2D eigenvalue weighted by Gasteiger charge is 2.26. The third-order valence-electron chi connectivity index (χ3n) is 4.41. The molecule has 32 heavy (non-hydrogen) atoms. The summed E-state index contributed by atoms with van der Waals surface area (Å²) in [6, 6.07) is -3.25. The Morgan fingerprint density at radius 1 is 1.12 bits per heavy atom. The standard InChI is InChI=1S/C19H31N7O6/c1-10(2)5-14(19(31)32)25-16(28)8-23-18(30)13(3-4-15(21)27)26-17(29)12(20)6-11-7-22-9-24-11/h7,9-10,12-14H,3-6,8,20H2,1-2H3,(H2,21,27)(H,22,24)(H,23,30)(H,25,28)(H,26,29)(H,31,32). The molecule has 1 heterocycles. The number of aromatic amines is 1. The first-order valence-corrected chi connectivity index (χ1v) is 10.1. The van der Waals surface area contributed by atoms with Crippen LogP contribution in [0.5, 0.6) is 0 Å². The Balaban J connectivity index is 2.67. The number of amides is 4. The first kappa shape index (κ1) is 26.6. The molecule has 0 spiro atoms. The molecule has 178 valence electrons. The molecule has 1 rings (SSSR count). The van der Waals surface area contributed by atoms with Crippen LogP contribution in [0.2, 0.25) is 0 Å². The van der Waals surface area contributed by atoms with Crippen molar-refractivity contribution >= 4 is 29.6 Å². The minimum Gasteiger partial charge on any atom is -0.480 e. The fourth-order valence-corrected chi connectivity index (χ4v) is 2.79. The highest BCUT2D eigenvalue weighted by molar-refractivity contribution is 5.93. The van der Waals surface area contributed by atoms with Crippen LogP contribution in [0.25, 0.3) is 0 Å². The summed E-state index contributed by atoms with van der Waals surface area (Å²) in [5.74, 6) is -3.91. The highest BCUT2D eigenvalue weighted by Crippen LogP contribution is 2.05. The minimum absolute atomic E-state index is 0.0327. The van der Waals surface area contributed by atoms with Gasteiger partial charge < -0.3 is 37.5 Å². The molecule has 1 aromatic rings. The number of aromatic nitrogens is 2. The third kappa shape index (κ3) is 10.0. The Morgan fingerprint density at radius 2 is 1.81 bits per heavy atom. The second kappa shape index (κ2) is 13.0. The molecular formula is C19H31N7O6. The summed E-state index contributed by atoms with van der Waals surface area (Å²) in [5, 5.41) is 16.3. The van der Waals surface area contributed by atoms with Crippen LogP contribution in [-0.4, -0.2) is 69.3 Å². The third-order valence-corrected chi connectivity index (χ3v) is 4.41. The summed E-state index contributed by atoms with van der Waals surface area (Å²) >= 11 is 0. The maximum Gasteiger partial charge on any atom is 0.326 e. The van der Waals surface area contributed by atoms with Gasteiger partial charge in [0.25, 0.3) is 0 Å². The van der Waals surface area contributed by atoms with E-state index in [1.165, 1.54) is 12.5 Å². The second-order valence-electron chi connectivity index (χ2n) is 7.76. The summed E-state index contributed by atoms with van der Waals surface area (Å²) in [5.41, 5.74) is 11.6. The smallest absolute Gasteiger partial charge is 0.326 e. The lowest BCUT2D eigenvalue weighted by molar-refractivity contribution is -0.142. The molecule has 13 nitrogen and oxygen atoms in total. The number of primary amides is 1. The van der Waals surface area contributed by atoms with Crippen molar-refractivity contribution in [1.82, 2.24) is 25.9 Å². The number of H-pyrrole nitrogens is 1. The number of hydrogen-bond acceptors (Lipinski definition) is 7. The summed E-state index contributed by atoms with van der Waals surface area (Å²) < 4.78 is 0. The number of imidazole rings is 1. The van der Waals surface area contributed by atoms with Crippen LogP contribution in [0.15, 0.2) is 12.5 Å². The molecule has 0 aromatic carbocycles. The van der Waals surface area contributed by atoms with E-state index in [2.05, 4.69) is 25.9 Å². The zero-order valence-corrected chi connectivity index (χ0v) is 18.1. The lowest BCUT2D eigenvalue weighted by Crippen LogP contribution is -2.54. The molecule has 0 radical (unpaired) electrons. The van der Waals surface area contributed by atoms with E-state index in [1.807, 2.05) is 13.8 Å². The van der Waals surface area contributed by atoms with E-state index in [4.69, 9.17) is 11.5 Å². The first-order chi connectivity index (χ1) is 15.0. The molecule has 0 bridgehead atoms. The molecule has 0 fully saturated rings. The van der Waals surface area contributed by atoms with Crippen LogP contribution in [0.1, 0.15) is 38.8 Å². The molecule has 0 saturated carbocycles. The number of rotatable bonds is 14. The fourth-order valence-electron chi connectivity index (χ4n) is 2.79. The minimum atomic E-state index is -1.18. The summed E-state index contributed by atoms with van der Waals surface area (Å²) in [4.78, 5) is 66.0. The second-order valence-corrected chi connectivity index (χ2v) is 7.76. The van der Waals surface area contributed by atoms with Gasteiger partial charge in [0.1, 0.15) is 12.1 Å². The maximum absolute atomic E-state index is 12.5. The lowest BCUT2D eigenvalue weighted by atomic mass is 10.0. The molecule has 0 aliphatic carbocycles. The van der Waals surface area contributed by atoms with Crippen molar-refractivity contribution in [3.8, 4) is 0 Å². The molecule has 0 saturated heterocycles. The molecule has 0 aliphatic heterocycles. The fraction of sp³-hybridized carbons (Fsp3) is 0.579. The van der Waals surface area contributed by atoms with Crippen LogP contribution in [0.3, 0.4) is 0 Å². The number of nitrogens with one attached hydrogen (secondary N) is 4. The predicted molar refractivity (Wildman–Crippen MR) is 113 cm³/mol. The molecule has 9 N–H and O–H groups in total. The van der Waals surface area contributed by atoms with Crippen molar-refractivity contribution in [1.29, 1.82) is 0 Å². The Hall–Kier alpha value is -3.48.